The predicted molar refractivity (Wildman–Crippen MR) is 91.3 cm³/mol. The second-order valence-corrected chi connectivity index (χ2v) is 6.69. The number of nitrogens with zero attached hydrogens (tertiary/aromatic N) is 1. The van der Waals surface area contributed by atoms with Gasteiger partial charge in [-0.3, -0.25) is 19.8 Å². The van der Waals surface area contributed by atoms with Crippen molar-refractivity contribution in [3.05, 3.63) is 34.7 Å². The van der Waals surface area contributed by atoms with Gasteiger partial charge in [0.15, 0.2) is 0 Å². The fourth-order valence-corrected chi connectivity index (χ4v) is 3.39. The summed E-state index contributed by atoms with van der Waals surface area (Å²) in [4.78, 5) is 25.5. The van der Waals surface area contributed by atoms with Gasteiger partial charge >= 0.3 is 0 Å². The van der Waals surface area contributed by atoms with E-state index in [4.69, 9.17) is 4.74 Å². The number of nitrogens with one attached hydrogen (secondary N) is 1. The quantitative estimate of drug-likeness (QED) is 0.840. The largest absolute Gasteiger partial charge is 0.492 e. The van der Waals surface area contributed by atoms with Crippen LogP contribution in [0.5, 0.6) is 5.75 Å². The summed E-state index contributed by atoms with van der Waals surface area (Å²) in [5.74, 6) is 0.491. The number of carbonyl (C=O) groups excluding carboxylic acids is 2. The first kappa shape index (κ1) is 16.1. The van der Waals surface area contributed by atoms with E-state index in [2.05, 4.69) is 10.2 Å². The third-order valence-electron chi connectivity index (χ3n) is 3.94. The highest BCUT2D eigenvalue weighted by Crippen LogP contribution is 2.26. The number of thioether (sulfide) groups is 1. The van der Waals surface area contributed by atoms with Crippen molar-refractivity contribution in [2.45, 2.75) is 19.3 Å². The first-order valence-electron chi connectivity index (χ1n) is 7.91. The number of rotatable bonds is 5. The van der Waals surface area contributed by atoms with Crippen LogP contribution >= 0.6 is 11.8 Å². The second kappa shape index (κ2) is 7.66. The van der Waals surface area contributed by atoms with E-state index in [1.165, 1.54) is 32.4 Å². The number of ether oxygens (including phenoxy) is 1. The Morgan fingerprint density at radius 2 is 1.87 bits per heavy atom. The van der Waals surface area contributed by atoms with Gasteiger partial charge in [0.2, 0.25) is 0 Å². The number of amides is 2. The van der Waals surface area contributed by atoms with Crippen LogP contribution in [0.15, 0.2) is 29.2 Å². The lowest BCUT2D eigenvalue weighted by Crippen LogP contribution is -2.33. The Balaban J connectivity index is 1.50. The first-order chi connectivity index (χ1) is 11.2. The number of hydrogen-bond donors (Lipinski definition) is 1. The fourth-order valence-electron chi connectivity index (χ4n) is 2.71. The minimum atomic E-state index is -0.332. The zero-order valence-electron chi connectivity index (χ0n) is 12.9. The van der Waals surface area contributed by atoms with Crippen LogP contribution in [0.4, 0.5) is 4.79 Å². The minimum absolute atomic E-state index is 0.320. The smallest absolute Gasteiger partial charge is 0.290 e. The average molecular weight is 332 g/mol. The van der Waals surface area contributed by atoms with Crippen LogP contribution in [0, 0.1) is 0 Å². The number of hydrogen-bond acceptors (Lipinski definition) is 5. The van der Waals surface area contributed by atoms with Gasteiger partial charge in [0.25, 0.3) is 11.1 Å². The standard InChI is InChI=1S/C17H20N2O3S/c20-16-15(23-17(21)18-16)12-13-4-6-14(7-5-13)22-11-10-19-8-2-1-3-9-19/h4-7,12H,1-3,8-11H2,(H,18,20,21)/b15-12-. The van der Waals surface area contributed by atoms with Crippen molar-refractivity contribution in [1.82, 2.24) is 10.2 Å². The first-order valence-corrected chi connectivity index (χ1v) is 8.72. The monoisotopic (exact) mass is 332 g/mol. The maximum absolute atomic E-state index is 11.5. The highest BCUT2D eigenvalue weighted by molar-refractivity contribution is 8.18. The number of benzene rings is 1. The van der Waals surface area contributed by atoms with Gasteiger partial charge in [0.05, 0.1) is 4.91 Å². The van der Waals surface area contributed by atoms with Gasteiger partial charge in [0.1, 0.15) is 12.4 Å². The summed E-state index contributed by atoms with van der Waals surface area (Å²) in [7, 11) is 0. The molecule has 2 heterocycles. The van der Waals surface area contributed by atoms with Crippen molar-refractivity contribution < 1.29 is 14.3 Å². The number of carbonyl (C=O) groups is 2. The van der Waals surface area contributed by atoms with Crippen LogP contribution in [0.2, 0.25) is 0 Å². The molecule has 0 bridgehead atoms. The molecule has 1 aromatic rings. The molecule has 0 spiro atoms. The Kier molecular flexibility index (Phi) is 5.35. The normalized spacial score (nSPS) is 20.8. The van der Waals surface area contributed by atoms with Crippen molar-refractivity contribution in [2.75, 3.05) is 26.2 Å². The predicted octanol–water partition coefficient (Wildman–Crippen LogP) is 2.88. The van der Waals surface area contributed by atoms with Crippen molar-refractivity contribution in [1.29, 1.82) is 0 Å². The molecule has 2 amide bonds. The van der Waals surface area contributed by atoms with Crippen LogP contribution in [0.3, 0.4) is 0 Å². The van der Waals surface area contributed by atoms with E-state index in [9.17, 15) is 9.59 Å². The van der Waals surface area contributed by atoms with Gasteiger partial charge in [-0.1, -0.05) is 18.6 Å². The SMILES string of the molecule is O=C1NC(=O)/C(=C/c2ccc(OCCN3CCCCC3)cc2)S1. The van der Waals surface area contributed by atoms with E-state index in [0.717, 1.165) is 29.6 Å². The molecule has 0 saturated carbocycles. The molecule has 0 unspecified atom stereocenters. The van der Waals surface area contributed by atoms with E-state index in [0.29, 0.717) is 11.5 Å². The molecule has 1 N–H and O–H groups in total. The maximum Gasteiger partial charge on any atom is 0.290 e. The van der Waals surface area contributed by atoms with Crippen LogP contribution in [-0.2, 0) is 4.79 Å². The Hall–Kier alpha value is -1.79. The summed E-state index contributed by atoms with van der Waals surface area (Å²) in [6.45, 7) is 4.00. The molecule has 122 valence electrons. The molecule has 0 radical (unpaired) electrons. The molecule has 0 aromatic heterocycles. The number of likely N-dealkylation sites (tertiary alicyclic amines) is 1. The molecule has 3 rings (SSSR count). The summed E-state index contributed by atoms with van der Waals surface area (Å²) in [6.07, 6.45) is 5.63. The van der Waals surface area contributed by atoms with E-state index < -0.39 is 0 Å². The molecular formula is C17H20N2O3S. The van der Waals surface area contributed by atoms with Gasteiger partial charge in [0, 0.05) is 6.54 Å². The lowest BCUT2D eigenvalue weighted by molar-refractivity contribution is -0.115. The lowest BCUT2D eigenvalue weighted by atomic mass is 10.1. The van der Waals surface area contributed by atoms with Crippen molar-refractivity contribution in [2.24, 2.45) is 0 Å². The summed E-state index contributed by atoms with van der Waals surface area (Å²) in [5.41, 5.74) is 0.876. The Labute approximate surface area is 140 Å². The number of piperidine rings is 1. The molecule has 0 aliphatic carbocycles. The van der Waals surface area contributed by atoms with Gasteiger partial charge in [-0.25, -0.2) is 0 Å². The van der Waals surface area contributed by atoms with Crippen molar-refractivity contribution >= 4 is 29.0 Å². The topological polar surface area (TPSA) is 58.6 Å². The molecule has 2 fully saturated rings. The Morgan fingerprint density at radius 3 is 2.52 bits per heavy atom. The maximum atomic E-state index is 11.5. The molecule has 0 atom stereocenters. The van der Waals surface area contributed by atoms with Crippen LogP contribution in [0.1, 0.15) is 24.8 Å². The summed E-state index contributed by atoms with van der Waals surface area (Å²) in [6, 6.07) is 7.56. The molecule has 1 aromatic carbocycles. The van der Waals surface area contributed by atoms with Crippen molar-refractivity contribution in [3.8, 4) is 5.75 Å². The number of imide groups is 1. The second-order valence-electron chi connectivity index (χ2n) is 5.67. The molecular weight excluding hydrogens is 312 g/mol. The van der Waals surface area contributed by atoms with E-state index in [1.54, 1.807) is 6.08 Å². The Bertz CT molecular complexity index is 607. The Morgan fingerprint density at radius 1 is 1.13 bits per heavy atom. The molecule has 2 aliphatic rings. The highest BCUT2D eigenvalue weighted by atomic mass is 32.2. The van der Waals surface area contributed by atoms with E-state index in [1.807, 2.05) is 24.3 Å². The highest BCUT2D eigenvalue weighted by Gasteiger charge is 2.24. The third-order valence-corrected chi connectivity index (χ3v) is 4.76. The van der Waals surface area contributed by atoms with Gasteiger partial charge in [-0.05, 0) is 61.5 Å². The lowest BCUT2D eigenvalue weighted by Gasteiger charge is -2.26. The molecule has 2 aliphatic heterocycles. The van der Waals surface area contributed by atoms with E-state index >= 15 is 0 Å². The van der Waals surface area contributed by atoms with Crippen LogP contribution in [0.25, 0.3) is 6.08 Å². The van der Waals surface area contributed by atoms with Gasteiger partial charge in [-0.2, -0.15) is 0 Å². The van der Waals surface area contributed by atoms with Crippen molar-refractivity contribution in [3.63, 3.8) is 0 Å². The van der Waals surface area contributed by atoms with Gasteiger partial charge in [-0.15, -0.1) is 0 Å². The van der Waals surface area contributed by atoms with Gasteiger partial charge < -0.3 is 4.74 Å². The van der Waals surface area contributed by atoms with Crippen LogP contribution in [-0.4, -0.2) is 42.3 Å². The fraction of sp³-hybridized carbons (Fsp3) is 0.412. The summed E-state index contributed by atoms with van der Waals surface area (Å²) < 4.78 is 5.77. The van der Waals surface area contributed by atoms with Crippen LogP contribution < -0.4 is 10.1 Å². The van der Waals surface area contributed by atoms with E-state index in [-0.39, 0.29) is 11.1 Å². The third kappa shape index (κ3) is 4.59. The molecule has 2 saturated heterocycles. The molecule has 23 heavy (non-hydrogen) atoms. The zero-order valence-corrected chi connectivity index (χ0v) is 13.7. The minimum Gasteiger partial charge on any atom is -0.492 e. The summed E-state index contributed by atoms with van der Waals surface area (Å²) in [5, 5.41) is 1.92. The molecule has 5 nitrogen and oxygen atoms in total. The average Bonchev–Trinajstić information content (AvgIpc) is 2.88. The summed E-state index contributed by atoms with van der Waals surface area (Å²) >= 11 is 0.927. The zero-order chi connectivity index (χ0) is 16.1. The molecule has 6 heteroatoms.